The molecule has 2 spiro atoms. The lowest BCUT2D eigenvalue weighted by Gasteiger charge is -2.38. The predicted octanol–water partition coefficient (Wildman–Crippen LogP) is 7.26. The SMILES string of the molecule is CCCCCCCCCCCCCC(=O)O[C@@]12C[C@@H](C)[C@]34O[C@]35C=C(C)C(=O)C5CC(CO)=CC4[C@@H]1C2(C)C. The maximum absolute atomic E-state index is 13.1. The number of hydrogen-bond acceptors (Lipinski definition) is 5. The maximum Gasteiger partial charge on any atom is 0.306 e. The molecule has 0 bridgehead atoms. The van der Waals surface area contributed by atoms with Crippen molar-refractivity contribution in [1.82, 2.24) is 0 Å². The molecular weight excluding hydrogens is 488 g/mol. The van der Waals surface area contributed by atoms with Crippen molar-refractivity contribution >= 4 is 11.8 Å². The molecule has 0 aromatic rings. The van der Waals surface area contributed by atoms with E-state index < -0.39 is 16.8 Å². The van der Waals surface area contributed by atoms with Crippen LogP contribution in [0.4, 0.5) is 0 Å². The first kappa shape index (κ1) is 29.0. The number of ether oxygens (including phenoxy) is 2. The van der Waals surface area contributed by atoms with Gasteiger partial charge >= 0.3 is 5.97 Å². The topological polar surface area (TPSA) is 76.1 Å². The molecule has 2 saturated carbocycles. The fourth-order valence-electron chi connectivity index (χ4n) is 9.27. The number of aliphatic hydroxyl groups is 1. The summed E-state index contributed by atoms with van der Waals surface area (Å²) in [5.74, 6) is 0.133. The molecule has 0 aromatic carbocycles. The number of ketones is 1. The average molecular weight is 541 g/mol. The summed E-state index contributed by atoms with van der Waals surface area (Å²) in [5, 5.41) is 10.2. The minimum Gasteiger partial charge on any atom is -0.458 e. The smallest absolute Gasteiger partial charge is 0.306 e. The first-order valence-electron chi connectivity index (χ1n) is 16.1. The Morgan fingerprint density at radius 3 is 2.28 bits per heavy atom. The zero-order chi connectivity index (χ0) is 28.1. The predicted molar refractivity (Wildman–Crippen MR) is 153 cm³/mol. The Morgan fingerprint density at radius 1 is 1.05 bits per heavy atom. The van der Waals surface area contributed by atoms with Crippen molar-refractivity contribution in [3.63, 3.8) is 0 Å². The number of epoxide rings is 1. The molecule has 1 N–H and O–H groups in total. The van der Waals surface area contributed by atoms with Crippen molar-refractivity contribution in [1.29, 1.82) is 0 Å². The summed E-state index contributed by atoms with van der Waals surface area (Å²) in [5.41, 5.74) is 0.0137. The van der Waals surface area contributed by atoms with E-state index in [1.165, 1.54) is 57.8 Å². The van der Waals surface area contributed by atoms with E-state index >= 15 is 0 Å². The molecule has 5 heteroatoms. The van der Waals surface area contributed by atoms with Gasteiger partial charge in [0.1, 0.15) is 16.8 Å². The number of aliphatic hydroxyl groups excluding tert-OH is 1. The molecule has 3 fully saturated rings. The number of Topliss-reactive ketones (excluding diaryl/α,β-unsaturated/α-hetero) is 1. The van der Waals surface area contributed by atoms with Gasteiger partial charge in [-0.25, -0.2) is 0 Å². The minimum atomic E-state index is -0.573. The van der Waals surface area contributed by atoms with Gasteiger partial charge in [0.15, 0.2) is 5.78 Å². The van der Waals surface area contributed by atoms with E-state index in [1.807, 2.05) is 6.92 Å². The summed E-state index contributed by atoms with van der Waals surface area (Å²) >= 11 is 0. The van der Waals surface area contributed by atoms with Gasteiger partial charge in [0, 0.05) is 23.7 Å². The largest absolute Gasteiger partial charge is 0.458 e. The van der Waals surface area contributed by atoms with Crippen molar-refractivity contribution in [3.8, 4) is 0 Å². The van der Waals surface area contributed by atoms with Crippen molar-refractivity contribution in [2.75, 3.05) is 6.61 Å². The van der Waals surface area contributed by atoms with Crippen molar-refractivity contribution in [3.05, 3.63) is 23.3 Å². The molecular formula is C34H52O5. The molecule has 4 aliphatic carbocycles. The van der Waals surface area contributed by atoms with E-state index in [0.29, 0.717) is 12.8 Å². The third-order valence-electron chi connectivity index (χ3n) is 11.4. The number of esters is 1. The molecule has 1 aliphatic heterocycles. The quantitative estimate of drug-likeness (QED) is 0.109. The van der Waals surface area contributed by atoms with E-state index in [1.54, 1.807) is 0 Å². The van der Waals surface area contributed by atoms with E-state index in [4.69, 9.17) is 9.47 Å². The molecule has 218 valence electrons. The number of hydrogen-bond donors (Lipinski definition) is 1. The zero-order valence-corrected chi connectivity index (χ0v) is 25.2. The van der Waals surface area contributed by atoms with Crippen LogP contribution in [0.5, 0.6) is 0 Å². The fraction of sp³-hybridized carbons (Fsp3) is 0.824. The van der Waals surface area contributed by atoms with Crippen molar-refractivity contribution in [2.24, 2.45) is 29.1 Å². The monoisotopic (exact) mass is 540 g/mol. The summed E-state index contributed by atoms with van der Waals surface area (Å²) in [6.07, 6.45) is 20.0. The molecule has 0 amide bonds. The molecule has 1 saturated heterocycles. The fourth-order valence-corrected chi connectivity index (χ4v) is 9.27. The molecule has 39 heavy (non-hydrogen) atoms. The van der Waals surface area contributed by atoms with Crippen LogP contribution in [0.3, 0.4) is 0 Å². The second-order valence-corrected chi connectivity index (χ2v) is 14.1. The number of carbonyl (C=O) groups is 2. The van der Waals surface area contributed by atoms with Crippen LogP contribution in [0.1, 0.15) is 125 Å². The van der Waals surface area contributed by atoms with E-state index in [2.05, 4.69) is 39.8 Å². The molecule has 5 nitrogen and oxygen atoms in total. The molecule has 7 atom stereocenters. The molecule has 2 unspecified atom stereocenters. The Morgan fingerprint density at radius 2 is 1.67 bits per heavy atom. The van der Waals surface area contributed by atoms with Gasteiger partial charge in [0.05, 0.1) is 12.5 Å². The molecule has 5 rings (SSSR count). The highest BCUT2D eigenvalue weighted by Crippen LogP contribution is 2.82. The number of fused-ring (bicyclic) bond motifs is 2. The lowest BCUT2D eigenvalue weighted by Crippen LogP contribution is -2.48. The first-order valence-corrected chi connectivity index (χ1v) is 16.1. The maximum atomic E-state index is 13.1. The highest BCUT2D eigenvalue weighted by Gasteiger charge is 2.90. The second-order valence-electron chi connectivity index (χ2n) is 14.1. The van der Waals surface area contributed by atoms with Crippen LogP contribution >= 0.6 is 0 Å². The van der Waals surface area contributed by atoms with E-state index in [9.17, 15) is 14.7 Å². The van der Waals surface area contributed by atoms with Gasteiger partial charge in [0.25, 0.3) is 0 Å². The normalized spacial score (nSPS) is 39.0. The summed E-state index contributed by atoms with van der Waals surface area (Å²) in [7, 11) is 0. The Bertz CT molecular complexity index is 1020. The van der Waals surface area contributed by atoms with Gasteiger partial charge in [-0.05, 0) is 49.3 Å². The Kier molecular flexibility index (Phi) is 8.00. The average Bonchev–Trinajstić information content (AvgIpc) is 3.66. The lowest BCUT2D eigenvalue weighted by molar-refractivity contribution is -0.158. The number of unbranched alkanes of at least 4 members (excludes halogenated alkanes) is 10. The van der Waals surface area contributed by atoms with E-state index in [-0.39, 0.29) is 47.4 Å². The van der Waals surface area contributed by atoms with Gasteiger partial charge in [-0.2, -0.15) is 0 Å². The van der Waals surface area contributed by atoms with Gasteiger partial charge in [0.2, 0.25) is 0 Å². The van der Waals surface area contributed by atoms with Crippen LogP contribution in [0.25, 0.3) is 0 Å². The van der Waals surface area contributed by atoms with Crippen molar-refractivity contribution < 1.29 is 24.2 Å². The summed E-state index contributed by atoms with van der Waals surface area (Å²) < 4.78 is 13.2. The standard InChI is InChI=1S/C34H52O5/c1-6-7-8-9-10-11-12-13-14-15-16-17-28(36)38-33-21-24(3)34-27(30(33)31(33,4)5)19-25(22-35)18-26-29(37)23(2)20-32(26,34)39-34/h19-20,24,26-27,30,35H,6-18,21-22H2,1-5H3/t24-,26?,27?,30-,32+,33+,34-/m1/s1. The van der Waals surface area contributed by atoms with Gasteiger partial charge < -0.3 is 14.6 Å². The summed E-state index contributed by atoms with van der Waals surface area (Å²) in [6.45, 7) is 10.8. The number of rotatable bonds is 14. The Hall–Kier alpha value is -1.46. The van der Waals surface area contributed by atoms with Crippen LogP contribution < -0.4 is 0 Å². The van der Waals surface area contributed by atoms with Crippen LogP contribution in [-0.2, 0) is 19.1 Å². The van der Waals surface area contributed by atoms with Crippen molar-refractivity contribution in [2.45, 2.75) is 141 Å². The summed E-state index contributed by atoms with van der Waals surface area (Å²) in [6, 6.07) is 0. The highest BCUT2D eigenvalue weighted by atomic mass is 16.6. The number of carbonyl (C=O) groups excluding carboxylic acids is 2. The third kappa shape index (κ3) is 4.49. The van der Waals surface area contributed by atoms with Gasteiger partial charge in [-0.3, -0.25) is 9.59 Å². The van der Waals surface area contributed by atoms with Crippen LogP contribution in [-0.4, -0.2) is 40.3 Å². The molecule has 1 heterocycles. The van der Waals surface area contributed by atoms with Crippen LogP contribution in [0.15, 0.2) is 23.3 Å². The Balaban J connectivity index is 1.17. The third-order valence-corrected chi connectivity index (χ3v) is 11.4. The molecule has 0 radical (unpaired) electrons. The number of allylic oxidation sites excluding steroid dienone is 1. The summed E-state index contributed by atoms with van der Waals surface area (Å²) in [4.78, 5) is 26.3. The minimum absolute atomic E-state index is 0.0214. The second kappa shape index (κ2) is 10.7. The lowest BCUT2D eigenvalue weighted by atomic mass is 9.64. The zero-order valence-electron chi connectivity index (χ0n) is 25.2. The molecule has 5 aliphatic rings. The first-order chi connectivity index (χ1) is 18.6. The van der Waals surface area contributed by atoms with E-state index in [0.717, 1.165) is 30.4 Å². The Labute approximate surface area is 236 Å². The van der Waals surface area contributed by atoms with Crippen LogP contribution in [0, 0.1) is 29.1 Å². The van der Waals surface area contributed by atoms with Gasteiger partial charge in [-0.15, -0.1) is 0 Å². The van der Waals surface area contributed by atoms with Gasteiger partial charge in [-0.1, -0.05) is 98.0 Å². The highest BCUT2D eigenvalue weighted by molar-refractivity contribution is 6.02. The molecule has 0 aromatic heterocycles. The van der Waals surface area contributed by atoms with Crippen LogP contribution in [0.2, 0.25) is 0 Å².